The summed E-state index contributed by atoms with van der Waals surface area (Å²) in [7, 11) is 0. The zero-order chi connectivity index (χ0) is 14.0. The van der Waals surface area contributed by atoms with Crippen LogP contribution in [0.4, 0.5) is 5.69 Å². The first-order valence-corrected chi connectivity index (χ1v) is 6.06. The number of anilines is 1. The monoisotopic (exact) mass is 293 g/mol. The number of pyridine rings is 1. The third-order valence-corrected chi connectivity index (χ3v) is 2.94. The Morgan fingerprint density at radius 1 is 1.26 bits per heavy atom. The van der Waals surface area contributed by atoms with E-state index in [-0.39, 0.29) is 5.75 Å². The molecule has 2 rings (SSSR count). The van der Waals surface area contributed by atoms with E-state index in [1.165, 1.54) is 6.20 Å². The zero-order valence-electron chi connectivity index (χ0n) is 9.95. The molecule has 0 aliphatic carbocycles. The number of rotatable bonds is 2. The molecule has 0 bridgehead atoms. The van der Waals surface area contributed by atoms with Crippen LogP contribution in [0.1, 0.15) is 11.1 Å². The van der Waals surface area contributed by atoms with E-state index in [2.05, 4.69) is 4.98 Å². The Hall–Kier alpha value is -1.96. The number of hydrogen-bond donors (Lipinski definition) is 1. The molecule has 1 aromatic heterocycles. The van der Waals surface area contributed by atoms with Crippen molar-refractivity contribution >= 4 is 28.9 Å². The number of halogens is 2. The lowest BCUT2D eigenvalue weighted by molar-refractivity contribution is 0.459. The smallest absolute Gasteiger partial charge is 0.222 e. The summed E-state index contributed by atoms with van der Waals surface area (Å²) in [4.78, 5) is 4.06. The Morgan fingerprint density at radius 2 is 1.89 bits per heavy atom. The highest BCUT2D eigenvalue weighted by Crippen LogP contribution is 2.38. The first-order chi connectivity index (χ1) is 9.01. The maximum Gasteiger partial charge on any atom is 0.222 e. The van der Waals surface area contributed by atoms with Gasteiger partial charge in [-0.05, 0) is 25.1 Å². The minimum Gasteiger partial charge on any atom is -0.436 e. The van der Waals surface area contributed by atoms with Crippen LogP contribution in [-0.2, 0) is 0 Å². The molecule has 0 saturated heterocycles. The van der Waals surface area contributed by atoms with Gasteiger partial charge >= 0.3 is 0 Å². The van der Waals surface area contributed by atoms with Gasteiger partial charge in [0.25, 0.3) is 0 Å². The second-order valence-corrected chi connectivity index (χ2v) is 4.69. The summed E-state index contributed by atoms with van der Waals surface area (Å²) in [5.41, 5.74) is 7.23. The van der Waals surface area contributed by atoms with Gasteiger partial charge in [-0.1, -0.05) is 23.2 Å². The van der Waals surface area contributed by atoms with Gasteiger partial charge in [0.05, 0.1) is 15.6 Å². The van der Waals surface area contributed by atoms with Gasteiger partial charge in [-0.2, -0.15) is 5.26 Å². The van der Waals surface area contributed by atoms with Crippen LogP contribution in [0.2, 0.25) is 10.0 Å². The van der Waals surface area contributed by atoms with Gasteiger partial charge in [-0.25, -0.2) is 4.98 Å². The fourth-order valence-corrected chi connectivity index (χ4v) is 2.08. The van der Waals surface area contributed by atoms with Gasteiger partial charge in [0.1, 0.15) is 6.07 Å². The van der Waals surface area contributed by atoms with E-state index in [1.54, 1.807) is 25.1 Å². The minimum absolute atomic E-state index is 0.290. The molecule has 0 amide bonds. The average molecular weight is 294 g/mol. The van der Waals surface area contributed by atoms with Crippen molar-refractivity contribution in [2.45, 2.75) is 6.92 Å². The predicted octanol–water partition coefficient (Wildman–Crippen LogP) is 3.94. The summed E-state index contributed by atoms with van der Waals surface area (Å²) < 4.78 is 5.59. The van der Waals surface area contributed by atoms with Crippen LogP contribution in [0, 0.1) is 18.3 Å². The van der Waals surface area contributed by atoms with E-state index < -0.39 is 0 Å². The van der Waals surface area contributed by atoms with Crippen molar-refractivity contribution in [2.75, 3.05) is 5.73 Å². The fraction of sp³-hybridized carbons (Fsp3) is 0.0769. The molecule has 6 heteroatoms. The summed E-state index contributed by atoms with van der Waals surface area (Å²) in [5.74, 6) is 0.630. The lowest BCUT2D eigenvalue weighted by Gasteiger charge is -2.11. The molecule has 0 unspecified atom stereocenters. The van der Waals surface area contributed by atoms with Crippen LogP contribution in [0.25, 0.3) is 0 Å². The molecule has 0 spiro atoms. The first kappa shape index (κ1) is 13.5. The van der Waals surface area contributed by atoms with Gasteiger partial charge in [0.2, 0.25) is 5.88 Å². The SMILES string of the molecule is Cc1cc(C#N)cnc1Oc1c(Cl)cc(N)cc1Cl. The van der Waals surface area contributed by atoms with E-state index in [1.807, 2.05) is 6.07 Å². The highest BCUT2D eigenvalue weighted by Gasteiger charge is 2.12. The van der Waals surface area contributed by atoms with Crippen molar-refractivity contribution < 1.29 is 4.74 Å². The van der Waals surface area contributed by atoms with E-state index in [0.29, 0.717) is 32.7 Å². The highest BCUT2D eigenvalue weighted by molar-refractivity contribution is 6.37. The van der Waals surface area contributed by atoms with Crippen LogP contribution in [-0.4, -0.2) is 4.98 Å². The second-order valence-electron chi connectivity index (χ2n) is 3.87. The van der Waals surface area contributed by atoms with Crippen molar-refractivity contribution in [3.63, 3.8) is 0 Å². The molecule has 4 nitrogen and oxygen atoms in total. The van der Waals surface area contributed by atoms with Gasteiger partial charge in [-0.3, -0.25) is 0 Å². The van der Waals surface area contributed by atoms with Crippen LogP contribution < -0.4 is 10.5 Å². The van der Waals surface area contributed by atoms with Gasteiger partial charge < -0.3 is 10.5 Å². The zero-order valence-corrected chi connectivity index (χ0v) is 11.5. The summed E-state index contributed by atoms with van der Waals surface area (Å²) in [6.07, 6.45) is 1.42. The summed E-state index contributed by atoms with van der Waals surface area (Å²) in [6, 6.07) is 6.76. The molecule has 2 N–H and O–H groups in total. The highest BCUT2D eigenvalue weighted by atomic mass is 35.5. The summed E-state index contributed by atoms with van der Waals surface area (Å²) in [6.45, 7) is 1.78. The van der Waals surface area contributed by atoms with Crippen molar-refractivity contribution in [3.8, 4) is 17.7 Å². The van der Waals surface area contributed by atoms with Gasteiger partial charge in [-0.15, -0.1) is 0 Å². The molecule has 1 heterocycles. The third kappa shape index (κ3) is 2.90. The van der Waals surface area contributed by atoms with Crippen LogP contribution in [0.3, 0.4) is 0 Å². The molecule has 0 aliphatic rings. The Kier molecular flexibility index (Phi) is 3.79. The van der Waals surface area contributed by atoms with Gasteiger partial charge in [0.15, 0.2) is 5.75 Å². The van der Waals surface area contributed by atoms with E-state index >= 15 is 0 Å². The number of aromatic nitrogens is 1. The molecule has 0 atom stereocenters. The Labute approximate surface area is 120 Å². The normalized spacial score (nSPS) is 10.0. The molecule has 0 fully saturated rings. The van der Waals surface area contributed by atoms with E-state index in [4.69, 9.17) is 38.9 Å². The Morgan fingerprint density at radius 3 is 2.42 bits per heavy atom. The Bertz CT molecular complexity index is 657. The first-order valence-electron chi connectivity index (χ1n) is 5.30. The molecule has 0 radical (unpaired) electrons. The Balaban J connectivity index is 2.40. The summed E-state index contributed by atoms with van der Waals surface area (Å²) >= 11 is 12.1. The molecule has 19 heavy (non-hydrogen) atoms. The fourth-order valence-electron chi connectivity index (χ4n) is 1.50. The number of aryl methyl sites for hydroxylation is 1. The maximum absolute atomic E-state index is 8.77. The minimum atomic E-state index is 0.290. The standard InChI is InChI=1S/C13H9Cl2N3O/c1-7-2-8(5-16)6-18-13(7)19-12-10(14)3-9(17)4-11(12)15/h2-4,6H,17H2,1H3. The second kappa shape index (κ2) is 5.35. The molecular weight excluding hydrogens is 285 g/mol. The van der Waals surface area contributed by atoms with Crippen molar-refractivity contribution in [3.05, 3.63) is 45.6 Å². The maximum atomic E-state index is 8.77. The third-order valence-electron chi connectivity index (χ3n) is 2.38. The molecule has 2 aromatic rings. The van der Waals surface area contributed by atoms with Crippen LogP contribution in [0.15, 0.2) is 24.4 Å². The molecule has 0 saturated carbocycles. The molecule has 96 valence electrons. The van der Waals surface area contributed by atoms with Crippen LogP contribution in [0.5, 0.6) is 11.6 Å². The molecule has 0 aliphatic heterocycles. The molecular formula is C13H9Cl2N3O. The number of hydrogen-bond acceptors (Lipinski definition) is 4. The number of nitrogens with zero attached hydrogens (tertiary/aromatic N) is 2. The summed E-state index contributed by atoms with van der Waals surface area (Å²) in [5, 5.41) is 9.38. The quantitative estimate of drug-likeness (QED) is 0.851. The van der Waals surface area contributed by atoms with Crippen molar-refractivity contribution in [1.29, 1.82) is 5.26 Å². The van der Waals surface area contributed by atoms with E-state index in [0.717, 1.165) is 0 Å². The lowest BCUT2D eigenvalue weighted by atomic mass is 10.2. The molecule has 1 aromatic carbocycles. The van der Waals surface area contributed by atoms with Crippen molar-refractivity contribution in [1.82, 2.24) is 4.98 Å². The topological polar surface area (TPSA) is 71.9 Å². The predicted molar refractivity (Wildman–Crippen MR) is 74.6 cm³/mol. The lowest BCUT2D eigenvalue weighted by Crippen LogP contribution is -1.95. The number of nitriles is 1. The number of benzene rings is 1. The number of nitrogens with two attached hydrogens (primary N) is 1. The van der Waals surface area contributed by atoms with E-state index in [9.17, 15) is 0 Å². The van der Waals surface area contributed by atoms with Crippen molar-refractivity contribution in [2.24, 2.45) is 0 Å². The van der Waals surface area contributed by atoms with Gasteiger partial charge in [0, 0.05) is 17.4 Å². The van der Waals surface area contributed by atoms with Crippen LogP contribution >= 0.6 is 23.2 Å². The largest absolute Gasteiger partial charge is 0.436 e. The average Bonchev–Trinajstić information content (AvgIpc) is 2.35. The number of nitrogen functional groups attached to an aromatic ring is 1. The number of ether oxygens (including phenoxy) is 1.